The third-order valence-electron chi connectivity index (χ3n) is 4.12. The Kier molecular flexibility index (Phi) is 5.83. The van der Waals surface area contributed by atoms with Gasteiger partial charge in [0.25, 0.3) is 0 Å². The predicted molar refractivity (Wildman–Crippen MR) is 96.3 cm³/mol. The summed E-state index contributed by atoms with van der Waals surface area (Å²) in [6, 6.07) is 8.34. The molecule has 136 valence electrons. The summed E-state index contributed by atoms with van der Waals surface area (Å²) < 4.78 is 13.1. The molecule has 0 radical (unpaired) electrons. The largest absolute Gasteiger partial charge is 0.353 e. The summed E-state index contributed by atoms with van der Waals surface area (Å²) in [4.78, 5) is 0. The van der Waals surface area contributed by atoms with Gasteiger partial charge in [-0.1, -0.05) is 17.3 Å². The van der Waals surface area contributed by atoms with E-state index < -0.39 is 0 Å². The van der Waals surface area contributed by atoms with Crippen LogP contribution in [0.25, 0.3) is 5.69 Å². The van der Waals surface area contributed by atoms with Gasteiger partial charge in [0.05, 0.1) is 18.5 Å². The highest BCUT2D eigenvalue weighted by Crippen LogP contribution is 2.16. The molecule has 1 N–H and O–H groups in total. The van der Waals surface area contributed by atoms with Gasteiger partial charge in [-0.05, 0) is 57.7 Å². The summed E-state index contributed by atoms with van der Waals surface area (Å²) in [5.74, 6) is 0. The number of nitrogens with one attached hydrogen (secondary N) is 1. The number of benzene rings is 1. The molecule has 2 aromatic rings. The second-order valence-corrected chi connectivity index (χ2v) is 7.53. The molecule has 0 bridgehead atoms. The average molecular weight is 344 g/mol. The molecule has 6 nitrogen and oxygen atoms in total. The van der Waals surface area contributed by atoms with Crippen LogP contribution in [0, 0.1) is 0 Å². The smallest absolute Gasteiger partial charge is 0.158 e. The number of ether oxygens (including phenoxy) is 2. The molecule has 3 rings (SSSR count). The molecule has 1 aromatic carbocycles. The zero-order valence-electron chi connectivity index (χ0n) is 15.4. The summed E-state index contributed by atoms with van der Waals surface area (Å²) in [5.41, 5.74) is 3.17. The van der Waals surface area contributed by atoms with Crippen molar-refractivity contribution in [1.82, 2.24) is 20.3 Å². The van der Waals surface area contributed by atoms with Crippen LogP contribution in [-0.2, 0) is 22.6 Å². The van der Waals surface area contributed by atoms with Gasteiger partial charge in [0, 0.05) is 18.7 Å². The van der Waals surface area contributed by atoms with Gasteiger partial charge in [0.1, 0.15) is 5.69 Å². The molecule has 1 fully saturated rings. The Hall–Kier alpha value is -1.76. The number of hydrogen-bond acceptors (Lipinski definition) is 5. The molecule has 1 unspecified atom stereocenters. The molecule has 1 saturated heterocycles. The van der Waals surface area contributed by atoms with Crippen LogP contribution < -0.4 is 5.32 Å². The molecule has 25 heavy (non-hydrogen) atoms. The van der Waals surface area contributed by atoms with Gasteiger partial charge < -0.3 is 14.8 Å². The van der Waals surface area contributed by atoms with E-state index in [0.29, 0.717) is 6.61 Å². The first kappa shape index (κ1) is 18.0. The number of aromatic nitrogens is 3. The van der Waals surface area contributed by atoms with Crippen molar-refractivity contribution >= 4 is 0 Å². The Morgan fingerprint density at radius 2 is 2.04 bits per heavy atom. The van der Waals surface area contributed by atoms with Crippen molar-refractivity contribution in [2.45, 2.75) is 65.0 Å². The number of hydrogen-bond donors (Lipinski definition) is 1. The Labute approximate surface area is 149 Å². The molecule has 1 aliphatic heterocycles. The van der Waals surface area contributed by atoms with Gasteiger partial charge in [-0.25, -0.2) is 4.68 Å². The van der Waals surface area contributed by atoms with Gasteiger partial charge in [0.15, 0.2) is 6.29 Å². The Bertz CT molecular complexity index is 655. The minimum Gasteiger partial charge on any atom is -0.353 e. The van der Waals surface area contributed by atoms with Crippen LogP contribution in [0.1, 0.15) is 51.3 Å². The molecule has 1 aliphatic rings. The van der Waals surface area contributed by atoms with E-state index in [2.05, 4.69) is 60.7 Å². The molecule has 6 heteroatoms. The molecular formula is C19H28N4O2. The van der Waals surface area contributed by atoms with E-state index >= 15 is 0 Å². The third kappa shape index (κ3) is 5.63. The zero-order chi connectivity index (χ0) is 17.7. The second kappa shape index (κ2) is 8.08. The van der Waals surface area contributed by atoms with E-state index in [4.69, 9.17) is 9.47 Å². The number of nitrogens with zero attached hydrogens (tertiary/aromatic N) is 3. The first-order chi connectivity index (χ1) is 12.0. The van der Waals surface area contributed by atoms with E-state index in [1.165, 1.54) is 5.56 Å². The lowest BCUT2D eigenvalue weighted by Crippen LogP contribution is -2.35. The first-order valence-electron chi connectivity index (χ1n) is 8.98. The maximum atomic E-state index is 5.75. The highest BCUT2D eigenvalue weighted by atomic mass is 16.7. The van der Waals surface area contributed by atoms with Crippen molar-refractivity contribution in [3.05, 3.63) is 41.7 Å². The van der Waals surface area contributed by atoms with Crippen molar-refractivity contribution < 1.29 is 9.47 Å². The van der Waals surface area contributed by atoms with Gasteiger partial charge in [-0.2, -0.15) is 0 Å². The SMILES string of the molecule is CC(C)(C)NCc1ccc(-n2cc(COC3CCCCO3)nn2)cc1. The van der Waals surface area contributed by atoms with E-state index in [0.717, 1.165) is 43.8 Å². The Morgan fingerprint density at radius 1 is 1.24 bits per heavy atom. The fourth-order valence-electron chi connectivity index (χ4n) is 2.65. The van der Waals surface area contributed by atoms with Crippen molar-refractivity contribution in [2.24, 2.45) is 0 Å². The van der Waals surface area contributed by atoms with Crippen molar-refractivity contribution in [3.8, 4) is 5.69 Å². The molecule has 2 heterocycles. The maximum Gasteiger partial charge on any atom is 0.158 e. The lowest BCUT2D eigenvalue weighted by atomic mass is 10.1. The van der Waals surface area contributed by atoms with Gasteiger partial charge in [0.2, 0.25) is 0 Å². The molecule has 1 aromatic heterocycles. The first-order valence-corrected chi connectivity index (χ1v) is 8.98. The van der Waals surface area contributed by atoms with Crippen LogP contribution in [-0.4, -0.2) is 33.4 Å². The van der Waals surface area contributed by atoms with Crippen molar-refractivity contribution in [3.63, 3.8) is 0 Å². The minimum absolute atomic E-state index is 0.103. The molecule has 0 aliphatic carbocycles. The van der Waals surface area contributed by atoms with Crippen LogP contribution in [0.4, 0.5) is 0 Å². The normalized spacial score (nSPS) is 18.4. The zero-order valence-corrected chi connectivity index (χ0v) is 15.4. The minimum atomic E-state index is -0.103. The van der Waals surface area contributed by atoms with E-state index in [1.807, 2.05) is 6.20 Å². The molecule has 0 spiro atoms. The molecule has 0 amide bonds. The molecule has 1 atom stereocenters. The standard InChI is InChI=1S/C19H28N4O2/c1-19(2,3)20-12-15-7-9-17(10-8-15)23-13-16(21-22-23)14-25-18-6-4-5-11-24-18/h7-10,13,18,20H,4-6,11-12,14H2,1-3H3. The average Bonchev–Trinajstić information content (AvgIpc) is 3.08. The Balaban J connectivity index is 1.54. The van der Waals surface area contributed by atoms with E-state index in [9.17, 15) is 0 Å². The second-order valence-electron chi connectivity index (χ2n) is 7.53. The van der Waals surface area contributed by atoms with Gasteiger partial charge in [-0.3, -0.25) is 0 Å². The highest BCUT2D eigenvalue weighted by Gasteiger charge is 2.15. The predicted octanol–water partition coefficient (Wildman–Crippen LogP) is 3.20. The monoisotopic (exact) mass is 344 g/mol. The van der Waals surface area contributed by atoms with Crippen LogP contribution in [0.5, 0.6) is 0 Å². The topological polar surface area (TPSA) is 61.2 Å². The van der Waals surface area contributed by atoms with Gasteiger partial charge >= 0.3 is 0 Å². The third-order valence-corrected chi connectivity index (χ3v) is 4.12. The quantitative estimate of drug-likeness (QED) is 0.872. The summed E-state index contributed by atoms with van der Waals surface area (Å²) >= 11 is 0. The van der Waals surface area contributed by atoms with Crippen molar-refractivity contribution in [2.75, 3.05) is 6.61 Å². The van der Waals surface area contributed by atoms with E-state index in [-0.39, 0.29) is 11.8 Å². The highest BCUT2D eigenvalue weighted by molar-refractivity contribution is 5.33. The summed E-state index contributed by atoms with van der Waals surface area (Å²) in [6.45, 7) is 8.56. The van der Waals surface area contributed by atoms with Crippen LogP contribution in [0.3, 0.4) is 0 Å². The fourth-order valence-corrected chi connectivity index (χ4v) is 2.65. The van der Waals surface area contributed by atoms with Crippen LogP contribution in [0.2, 0.25) is 0 Å². The van der Waals surface area contributed by atoms with Crippen molar-refractivity contribution in [1.29, 1.82) is 0 Å². The molecular weight excluding hydrogens is 316 g/mol. The fraction of sp³-hybridized carbons (Fsp3) is 0.579. The van der Waals surface area contributed by atoms with Crippen LogP contribution in [0.15, 0.2) is 30.5 Å². The summed E-state index contributed by atoms with van der Waals surface area (Å²) in [6.07, 6.45) is 5.04. The van der Waals surface area contributed by atoms with Crippen LogP contribution >= 0.6 is 0 Å². The van der Waals surface area contributed by atoms with Gasteiger partial charge in [-0.15, -0.1) is 5.10 Å². The molecule has 0 saturated carbocycles. The number of rotatable bonds is 6. The summed E-state index contributed by atoms with van der Waals surface area (Å²) in [7, 11) is 0. The lowest BCUT2D eigenvalue weighted by Gasteiger charge is -2.22. The lowest BCUT2D eigenvalue weighted by molar-refractivity contribution is -0.169. The Morgan fingerprint density at radius 3 is 2.72 bits per heavy atom. The maximum absolute atomic E-state index is 5.75. The van der Waals surface area contributed by atoms with E-state index in [1.54, 1.807) is 4.68 Å². The summed E-state index contributed by atoms with van der Waals surface area (Å²) in [5, 5.41) is 11.9.